The van der Waals surface area contributed by atoms with Crippen LogP contribution in [0.25, 0.3) is 0 Å². The molecule has 144 valence electrons. The number of aromatic nitrogens is 2. The molecule has 0 atom stereocenters. The second-order valence-corrected chi connectivity index (χ2v) is 7.33. The lowest BCUT2D eigenvalue weighted by Gasteiger charge is -2.21. The molecule has 0 amide bonds. The fourth-order valence-corrected chi connectivity index (χ4v) is 3.86. The van der Waals surface area contributed by atoms with E-state index in [1.54, 1.807) is 6.20 Å². The van der Waals surface area contributed by atoms with Gasteiger partial charge in [-0.3, -0.25) is 4.79 Å². The predicted molar refractivity (Wildman–Crippen MR) is 112 cm³/mol. The number of nitrogens with one attached hydrogen (secondary N) is 1. The predicted octanol–water partition coefficient (Wildman–Crippen LogP) is 4.23. The van der Waals surface area contributed by atoms with E-state index in [2.05, 4.69) is 53.6 Å². The molecule has 0 radical (unpaired) electrons. The summed E-state index contributed by atoms with van der Waals surface area (Å²) in [5.74, 6) is 0.777. The molecule has 1 aliphatic rings. The van der Waals surface area contributed by atoms with Crippen LogP contribution in [0.5, 0.6) is 5.75 Å². The summed E-state index contributed by atoms with van der Waals surface area (Å²) in [6, 6.07) is 14.7. The molecule has 1 aromatic heterocycles. The first kappa shape index (κ1) is 18.3. The lowest BCUT2D eigenvalue weighted by atomic mass is 9.90. The highest BCUT2D eigenvalue weighted by molar-refractivity contribution is 5.61. The molecule has 0 saturated carbocycles. The highest BCUT2D eigenvalue weighted by atomic mass is 16.5. The number of ether oxygens (including phenoxy) is 1. The maximum Gasteiger partial charge on any atom is 0.316 e. The summed E-state index contributed by atoms with van der Waals surface area (Å²) in [5.41, 5.74) is 5.73. The minimum atomic E-state index is -0.365. The summed E-state index contributed by atoms with van der Waals surface area (Å²) < 4.78 is 7.16. The Hall–Kier alpha value is -3.08. The van der Waals surface area contributed by atoms with Crippen molar-refractivity contribution < 1.29 is 4.74 Å². The Balaban J connectivity index is 1.74. The standard InChI is InChI=1S/C23H25N3O2/c1-16-7-5-8-17(13-16)14-26-15-21(28-2)22(27)25-23(26)24-20-12-6-10-18-9-3-4-11-19(18)20/h5-8,10,12-13,15H,3-4,9,11,14H2,1-2H3,(H,24,25,27). The van der Waals surface area contributed by atoms with Crippen LogP contribution >= 0.6 is 0 Å². The van der Waals surface area contributed by atoms with Gasteiger partial charge in [-0.05, 0) is 55.4 Å². The molecule has 0 spiro atoms. The molecule has 28 heavy (non-hydrogen) atoms. The SMILES string of the molecule is COc1cn(Cc2cccc(C)c2)c(Nc2cccc3c2CCCC3)nc1=O. The number of methoxy groups -OCH3 is 1. The molecule has 1 aliphatic carbocycles. The average molecular weight is 375 g/mol. The van der Waals surface area contributed by atoms with Crippen molar-refractivity contribution in [2.75, 3.05) is 12.4 Å². The molecule has 4 rings (SSSR count). The van der Waals surface area contributed by atoms with E-state index >= 15 is 0 Å². The van der Waals surface area contributed by atoms with E-state index in [0.29, 0.717) is 12.5 Å². The Morgan fingerprint density at radius 1 is 1.14 bits per heavy atom. The van der Waals surface area contributed by atoms with Crippen molar-refractivity contribution in [2.24, 2.45) is 0 Å². The zero-order chi connectivity index (χ0) is 19.5. The Morgan fingerprint density at radius 2 is 1.96 bits per heavy atom. The van der Waals surface area contributed by atoms with E-state index in [1.807, 2.05) is 10.6 Å². The average Bonchev–Trinajstić information content (AvgIpc) is 2.70. The van der Waals surface area contributed by atoms with E-state index in [-0.39, 0.29) is 11.3 Å². The summed E-state index contributed by atoms with van der Waals surface area (Å²) >= 11 is 0. The first-order chi connectivity index (χ1) is 13.6. The highest BCUT2D eigenvalue weighted by Gasteiger charge is 2.15. The number of nitrogens with zero attached hydrogens (tertiary/aromatic N) is 2. The van der Waals surface area contributed by atoms with Gasteiger partial charge in [-0.15, -0.1) is 0 Å². The van der Waals surface area contributed by atoms with Crippen molar-refractivity contribution in [1.82, 2.24) is 9.55 Å². The normalized spacial score (nSPS) is 13.1. The third-order valence-electron chi connectivity index (χ3n) is 5.26. The van der Waals surface area contributed by atoms with Crippen LogP contribution < -0.4 is 15.6 Å². The summed E-state index contributed by atoms with van der Waals surface area (Å²) in [5, 5.41) is 3.42. The fourth-order valence-electron chi connectivity index (χ4n) is 3.86. The summed E-state index contributed by atoms with van der Waals surface area (Å²) in [4.78, 5) is 16.6. The Bertz CT molecular complexity index is 1060. The van der Waals surface area contributed by atoms with Gasteiger partial charge in [0.15, 0.2) is 0 Å². The van der Waals surface area contributed by atoms with Gasteiger partial charge >= 0.3 is 5.56 Å². The van der Waals surface area contributed by atoms with Gasteiger partial charge in [0.25, 0.3) is 0 Å². The van der Waals surface area contributed by atoms with E-state index in [0.717, 1.165) is 24.1 Å². The fraction of sp³-hybridized carbons (Fsp3) is 0.304. The topological polar surface area (TPSA) is 56.1 Å². The second-order valence-electron chi connectivity index (χ2n) is 7.33. The van der Waals surface area contributed by atoms with Crippen LogP contribution in [0.1, 0.15) is 35.1 Å². The lowest BCUT2D eigenvalue weighted by Crippen LogP contribution is -2.19. The molecule has 1 heterocycles. The number of aryl methyl sites for hydroxylation is 2. The van der Waals surface area contributed by atoms with Crippen LogP contribution in [0.15, 0.2) is 53.5 Å². The van der Waals surface area contributed by atoms with Gasteiger partial charge in [-0.2, -0.15) is 4.98 Å². The molecule has 5 nitrogen and oxygen atoms in total. The quantitative estimate of drug-likeness (QED) is 0.725. The molecule has 5 heteroatoms. The first-order valence-corrected chi connectivity index (χ1v) is 9.73. The molecular formula is C23H25N3O2. The van der Waals surface area contributed by atoms with Crippen LogP contribution in [0.2, 0.25) is 0 Å². The summed E-state index contributed by atoms with van der Waals surface area (Å²) in [6.07, 6.45) is 6.32. The van der Waals surface area contributed by atoms with E-state index in [1.165, 1.54) is 36.6 Å². The zero-order valence-corrected chi connectivity index (χ0v) is 16.4. The number of hydrogen-bond acceptors (Lipinski definition) is 4. The Labute approximate surface area is 165 Å². The van der Waals surface area contributed by atoms with Gasteiger partial charge < -0.3 is 14.6 Å². The van der Waals surface area contributed by atoms with Gasteiger partial charge in [-0.25, -0.2) is 0 Å². The Kier molecular flexibility index (Phi) is 5.15. The zero-order valence-electron chi connectivity index (χ0n) is 16.4. The van der Waals surface area contributed by atoms with Crippen molar-refractivity contribution in [2.45, 2.75) is 39.2 Å². The van der Waals surface area contributed by atoms with Gasteiger partial charge in [0, 0.05) is 5.69 Å². The third-order valence-corrected chi connectivity index (χ3v) is 5.26. The lowest BCUT2D eigenvalue weighted by molar-refractivity contribution is 0.402. The van der Waals surface area contributed by atoms with Crippen LogP contribution in [0, 0.1) is 6.92 Å². The minimum absolute atomic E-state index is 0.244. The number of hydrogen-bond donors (Lipinski definition) is 1. The van der Waals surface area contributed by atoms with E-state index < -0.39 is 0 Å². The molecule has 1 N–H and O–H groups in total. The molecular weight excluding hydrogens is 350 g/mol. The molecule has 0 fully saturated rings. The summed E-state index contributed by atoms with van der Waals surface area (Å²) in [7, 11) is 1.50. The third kappa shape index (κ3) is 3.79. The van der Waals surface area contributed by atoms with Crippen molar-refractivity contribution >= 4 is 11.6 Å². The first-order valence-electron chi connectivity index (χ1n) is 9.73. The molecule has 3 aromatic rings. The van der Waals surface area contributed by atoms with Gasteiger partial charge in [0.1, 0.15) is 0 Å². The van der Waals surface area contributed by atoms with Crippen LogP contribution in [-0.2, 0) is 19.4 Å². The van der Waals surface area contributed by atoms with E-state index in [4.69, 9.17) is 4.74 Å². The van der Waals surface area contributed by atoms with Gasteiger partial charge in [0.2, 0.25) is 11.7 Å². The van der Waals surface area contributed by atoms with Crippen LogP contribution in [0.3, 0.4) is 0 Å². The van der Waals surface area contributed by atoms with Crippen molar-refractivity contribution in [3.8, 4) is 5.75 Å². The monoisotopic (exact) mass is 375 g/mol. The molecule has 0 saturated heterocycles. The van der Waals surface area contributed by atoms with Crippen molar-refractivity contribution in [1.29, 1.82) is 0 Å². The maximum atomic E-state index is 12.3. The number of benzene rings is 2. The number of fused-ring (bicyclic) bond motifs is 1. The molecule has 0 unspecified atom stereocenters. The van der Waals surface area contributed by atoms with E-state index in [9.17, 15) is 4.79 Å². The van der Waals surface area contributed by atoms with Gasteiger partial charge in [0.05, 0.1) is 19.9 Å². The smallest absolute Gasteiger partial charge is 0.316 e. The molecule has 0 aliphatic heterocycles. The Morgan fingerprint density at radius 3 is 2.79 bits per heavy atom. The van der Waals surface area contributed by atoms with Crippen molar-refractivity contribution in [3.63, 3.8) is 0 Å². The van der Waals surface area contributed by atoms with Gasteiger partial charge in [-0.1, -0.05) is 42.0 Å². The van der Waals surface area contributed by atoms with Crippen molar-refractivity contribution in [3.05, 3.63) is 81.3 Å². The largest absolute Gasteiger partial charge is 0.490 e. The van der Waals surface area contributed by atoms with Crippen LogP contribution in [-0.4, -0.2) is 16.7 Å². The highest BCUT2D eigenvalue weighted by Crippen LogP contribution is 2.29. The summed E-state index contributed by atoms with van der Waals surface area (Å²) in [6.45, 7) is 2.67. The van der Waals surface area contributed by atoms with Crippen LogP contribution in [0.4, 0.5) is 11.6 Å². The minimum Gasteiger partial charge on any atom is -0.490 e. The number of anilines is 2. The second kappa shape index (κ2) is 7.89. The molecule has 2 aromatic carbocycles. The number of rotatable bonds is 5. The maximum absolute atomic E-state index is 12.3. The molecule has 0 bridgehead atoms.